The smallest absolute Gasteiger partial charge is 0.322 e. The molecule has 2 amide bonds. The van der Waals surface area contributed by atoms with Crippen molar-refractivity contribution in [2.24, 2.45) is 0 Å². The summed E-state index contributed by atoms with van der Waals surface area (Å²) in [5.74, 6) is -0.430. The summed E-state index contributed by atoms with van der Waals surface area (Å²) in [6.07, 6.45) is -0.632. The van der Waals surface area contributed by atoms with Crippen LogP contribution in [0.1, 0.15) is 24.0 Å². The van der Waals surface area contributed by atoms with Gasteiger partial charge in [0.15, 0.2) is 0 Å². The molecule has 1 aliphatic rings. The molecule has 0 bridgehead atoms. The molecule has 0 radical (unpaired) electrons. The molecule has 1 heterocycles. The van der Waals surface area contributed by atoms with Gasteiger partial charge in [0.25, 0.3) is 0 Å². The van der Waals surface area contributed by atoms with Gasteiger partial charge < -0.3 is 10.2 Å². The number of anilines is 2. The van der Waals surface area contributed by atoms with Crippen molar-refractivity contribution in [3.8, 4) is 0 Å². The van der Waals surface area contributed by atoms with Crippen molar-refractivity contribution < 1.29 is 22.8 Å². The highest BCUT2D eigenvalue weighted by molar-refractivity contribution is 6.02. The maximum Gasteiger partial charge on any atom is 0.416 e. The lowest BCUT2D eigenvalue weighted by molar-refractivity contribution is -0.137. The zero-order chi connectivity index (χ0) is 19.4. The van der Waals surface area contributed by atoms with E-state index in [4.69, 9.17) is 0 Å². The number of amides is 2. The van der Waals surface area contributed by atoms with Gasteiger partial charge in [-0.3, -0.25) is 9.59 Å². The van der Waals surface area contributed by atoms with Crippen LogP contribution in [0.15, 0.2) is 54.6 Å². The molecule has 1 aliphatic heterocycles. The van der Waals surface area contributed by atoms with Crippen molar-refractivity contribution in [1.82, 2.24) is 0 Å². The van der Waals surface area contributed by atoms with E-state index in [1.165, 1.54) is 24.3 Å². The summed E-state index contributed by atoms with van der Waals surface area (Å²) < 4.78 is 38.1. The summed E-state index contributed by atoms with van der Waals surface area (Å²) in [4.78, 5) is 25.5. The minimum absolute atomic E-state index is 0.0444. The lowest BCUT2D eigenvalue weighted by Gasteiger charge is -2.16. The molecule has 1 saturated heterocycles. The summed E-state index contributed by atoms with van der Waals surface area (Å²) in [5.41, 5.74) is 0.715. The summed E-state index contributed by atoms with van der Waals surface area (Å²) in [5, 5.41) is 2.65. The Morgan fingerprint density at radius 1 is 1.11 bits per heavy atom. The monoisotopic (exact) mass is 374 g/mol. The van der Waals surface area contributed by atoms with Crippen LogP contribution in [0, 0.1) is 0 Å². The SMILES string of the molecule is O=C(/C=C/c1cccc(C(F)(F)F)c1)Nc1cccc(N2CCCC2=O)c1. The van der Waals surface area contributed by atoms with E-state index in [1.54, 1.807) is 29.2 Å². The van der Waals surface area contributed by atoms with Crippen LogP contribution < -0.4 is 10.2 Å². The van der Waals surface area contributed by atoms with Gasteiger partial charge >= 0.3 is 6.18 Å². The van der Waals surface area contributed by atoms with Crippen molar-refractivity contribution >= 4 is 29.3 Å². The molecule has 3 rings (SSSR count). The zero-order valence-corrected chi connectivity index (χ0v) is 14.3. The Balaban J connectivity index is 1.68. The van der Waals surface area contributed by atoms with Crippen LogP contribution >= 0.6 is 0 Å². The van der Waals surface area contributed by atoms with E-state index >= 15 is 0 Å². The summed E-state index contributed by atoms with van der Waals surface area (Å²) in [6, 6.07) is 11.6. The molecule has 4 nitrogen and oxygen atoms in total. The van der Waals surface area contributed by atoms with Crippen molar-refractivity contribution in [3.63, 3.8) is 0 Å². The Morgan fingerprint density at radius 2 is 1.89 bits per heavy atom. The van der Waals surface area contributed by atoms with Gasteiger partial charge in [-0.05, 0) is 48.4 Å². The van der Waals surface area contributed by atoms with Crippen LogP contribution in [0.4, 0.5) is 24.5 Å². The van der Waals surface area contributed by atoms with Crippen LogP contribution in [0.25, 0.3) is 6.08 Å². The van der Waals surface area contributed by atoms with Gasteiger partial charge in [-0.2, -0.15) is 13.2 Å². The number of hydrogen-bond acceptors (Lipinski definition) is 2. The van der Waals surface area contributed by atoms with Crippen LogP contribution in [0.2, 0.25) is 0 Å². The van der Waals surface area contributed by atoms with E-state index in [1.807, 2.05) is 0 Å². The van der Waals surface area contributed by atoms with Gasteiger partial charge in [0.1, 0.15) is 0 Å². The molecule has 2 aromatic carbocycles. The molecule has 0 aliphatic carbocycles. The second-order valence-electron chi connectivity index (χ2n) is 6.15. The fraction of sp³-hybridized carbons (Fsp3) is 0.200. The fourth-order valence-electron chi connectivity index (χ4n) is 2.85. The molecule has 0 aromatic heterocycles. The molecular weight excluding hydrogens is 357 g/mol. The predicted molar refractivity (Wildman–Crippen MR) is 97.1 cm³/mol. The van der Waals surface area contributed by atoms with Crippen LogP contribution in [0.3, 0.4) is 0 Å². The lowest BCUT2D eigenvalue weighted by Crippen LogP contribution is -2.23. The van der Waals surface area contributed by atoms with E-state index in [9.17, 15) is 22.8 Å². The minimum Gasteiger partial charge on any atom is -0.322 e. The normalized spacial score (nSPS) is 14.8. The first-order chi connectivity index (χ1) is 12.8. The Hall–Kier alpha value is -3.09. The van der Waals surface area contributed by atoms with E-state index < -0.39 is 17.6 Å². The van der Waals surface area contributed by atoms with E-state index in [0.29, 0.717) is 24.3 Å². The third-order valence-corrected chi connectivity index (χ3v) is 4.14. The Labute approximate surface area is 154 Å². The molecular formula is C20H17F3N2O2. The third-order valence-electron chi connectivity index (χ3n) is 4.14. The molecule has 1 N–H and O–H groups in total. The lowest BCUT2D eigenvalue weighted by atomic mass is 10.1. The van der Waals surface area contributed by atoms with Crippen LogP contribution in [-0.4, -0.2) is 18.4 Å². The first-order valence-electron chi connectivity index (χ1n) is 8.40. The molecule has 27 heavy (non-hydrogen) atoms. The number of benzene rings is 2. The fourth-order valence-corrected chi connectivity index (χ4v) is 2.85. The molecule has 2 aromatic rings. The first-order valence-corrected chi connectivity index (χ1v) is 8.40. The van der Waals surface area contributed by atoms with E-state index in [-0.39, 0.29) is 11.5 Å². The Morgan fingerprint density at radius 3 is 2.59 bits per heavy atom. The number of nitrogens with zero attached hydrogens (tertiary/aromatic N) is 1. The average Bonchev–Trinajstić information content (AvgIpc) is 3.06. The first kappa shape index (κ1) is 18.7. The summed E-state index contributed by atoms with van der Waals surface area (Å²) in [7, 11) is 0. The van der Waals surface area contributed by atoms with Gasteiger partial charge in [0.2, 0.25) is 11.8 Å². The number of carbonyl (C=O) groups excluding carboxylic acids is 2. The highest BCUT2D eigenvalue weighted by Crippen LogP contribution is 2.29. The maximum atomic E-state index is 12.7. The summed E-state index contributed by atoms with van der Waals surface area (Å²) in [6.45, 7) is 0.645. The number of alkyl halides is 3. The van der Waals surface area contributed by atoms with Crippen molar-refractivity contribution in [2.75, 3.05) is 16.8 Å². The van der Waals surface area contributed by atoms with Gasteiger partial charge in [-0.1, -0.05) is 18.2 Å². The number of rotatable bonds is 4. The van der Waals surface area contributed by atoms with Gasteiger partial charge in [-0.15, -0.1) is 0 Å². The Bertz CT molecular complexity index is 891. The molecule has 0 unspecified atom stereocenters. The molecule has 0 atom stereocenters. The number of nitrogens with one attached hydrogen (secondary N) is 1. The van der Waals surface area contributed by atoms with Crippen LogP contribution in [-0.2, 0) is 15.8 Å². The maximum absolute atomic E-state index is 12.7. The predicted octanol–water partition coefficient (Wildman–Crippen LogP) is 4.48. The minimum atomic E-state index is -4.43. The van der Waals surface area contributed by atoms with Crippen molar-refractivity contribution in [1.29, 1.82) is 0 Å². The quantitative estimate of drug-likeness (QED) is 0.802. The topological polar surface area (TPSA) is 49.4 Å². The van der Waals surface area contributed by atoms with Crippen molar-refractivity contribution in [3.05, 3.63) is 65.7 Å². The number of halogens is 3. The molecule has 7 heteroatoms. The highest BCUT2D eigenvalue weighted by atomic mass is 19.4. The molecule has 0 spiro atoms. The summed E-state index contributed by atoms with van der Waals surface area (Å²) >= 11 is 0. The van der Waals surface area contributed by atoms with E-state index in [0.717, 1.165) is 18.6 Å². The van der Waals surface area contributed by atoms with Gasteiger partial charge in [0, 0.05) is 30.4 Å². The second kappa shape index (κ2) is 7.65. The van der Waals surface area contributed by atoms with Gasteiger partial charge in [-0.25, -0.2) is 0 Å². The standard InChI is InChI=1S/C20H17F3N2O2/c21-20(22,23)15-5-1-4-14(12-15)9-10-18(26)24-16-6-2-7-17(13-16)25-11-3-8-19(25)27/h1-2,4-7,9-10,12-13H,3,8,11H2,(H,24,26)/b10-9+. The van der Waals surface area contributed by atoms with Gasteiger partial charge in [0.05, 0.1) is 5.56 Å². The second-order valence-corrected chi connectivity index (χ2v) is 6.15. The largest absolute Gasteiger partial charge is 0.416 e. The molecule has 0 saturated carbocycles. The molecule has 140 valence electrons. The van der Waals surface area contributed by atoms with E-state index in [2.05, 4.69) is 5.32 Å². The zero-order valence-electron chi connectivity index (χ0n) is 14.3. The Kier molecular flexibility index (Phi) is 5.30. The third kappa shape index (κ3) is 4.75. The number of carbonyl (C=O) groups is 2. The number of hydrogen-bond donors (Lipinski definition) is 1. The van der Waals surface area contributed by atoms with Crippen molar-refractivity contribution in [2.45, 2.75) is 19.0 Å². The average molecular weight is 374 g/mol. The van der Waals surface area contributed by atoms with Crippen LogP contribution in [0.5, 0.6) is 0 Å². The molecule has 1 fully saturated rings. The highest BCUT2D eigenvalue weighted by Gasteiger charge is 2.30.